The lowest BCUT2D eigenvalue weighted by Crippen LogP contribution is -2.41. The van der Waals surface area contributed by atoms with Crippen LogP contribution in [0.15, 0.2) is 77.9 Å². The number of rotatable bonds is 10. The van der Waals surface area contributed by atoms with Gasteiger partial charge in [0.25, 0.3) is 0 Å². The Kier molecular flexibility index (Phi) is 11.3. The van der Waals surface area contributed by atoms with E-state index < -0.39 is 0 Å². The first kappa shape index (κ1) is 26.2. The molecule has 1 aromatic heterocycles. The lowest BCUT2D eigenvalue weighted by Gasteiger charge is -2.19. The first-order valence-electron chi connectivity index (χ1n) is 10.5. The van der Waals surface area contributed by atoms with Crippen molar-refractivity contribution in [1.82, 2.24) is 15.6 Å². The summed E-state index contributed by atoms with van der Waals surface area (Å²) in [6.07, 6.45) is 1.67. The van der Waals surface area contributed by atoms with Crippen LogP contribution in [0.2, 0.25) is 0 Å². The highest BCUT2D eigenvalue weighted by atomic mass is 127. The zero-order valence-electron chi connectivity index (χ0n) is 19.2. The van der Waals surface area contributed by atoms with Gasteiger partial charge in [0.2, 0.25) is 5.88 Å². The van der Waals surface area contributed by atoms with Crippen molar-refractivity contribution in [2.75, 3.05) is 20.7 Å². The van der Waals surface area contributed by atoms with Gasteiger partial charge in [0.05, 0.1) is 13.7 Å². The molecule has 0 saturated carbocycles. The summed E-state index contributed by atoms with van der Waals surface area (Å²) in [5.41, 5.74) is 2.15. The van der Waals surface area contributed by atoms with Crippen molar-refractivity contribution in [3.8, 4) is 17.4 Å². The number of halogens is 1. The SMILES string of the molecule is CN=C(NCc1ccnc(OCc2ccccc2)c1)NCC(C)Oc1ccccc1OC.I. The van der Waals surface area contributed by atoms with Crippen molar-refractivity contribution in [2.45, 2.75) is 26.2 Å². The van der Waals surface area contributed by atoms with Crippen molar-refractivity contribution in [1.29, 1.82) is 0 Å². The zero-order chi connectivity index (χ0) is 22.6. The van der Waals surface area contributed by atoms with Gasteiger partial charge in [-0.05, 0) is 36.2 Å². The molecule has 1 unspecified atom stereocenters. The van der Waals surface area contributed by atoms with E-state index >= 15 is 0 Å². The number of hydrogen-bond donors (Lipinski definition) is 2. The van der Waals surface area contributed by atoms with Crippen LogP contribution in [0.1, 0.15) is 18.1 Å². The van der Waals surface area contributed by atoms with Crippen molar-refractivity contribution >= 4 is 29.9 Å². The van der Waals surface area contributed by atoms with E-state index in [1.807, 2.05) is 73.7 Å². The zero-order valence-corrected chi connectivity index (χ0v) is 21.5. The van der Waals surface area contributed by atoms with Gasteiger partial charge in [-0.1, -0.05) is 42.5 Å². The monoisotopic (exact) mass is 562 g/mol. The second-order valence-corrected chi connectivity index (χ2v) is 7.16. The third-order valence-electron chi connectivity index (χ3n) is 4.67. The van der Waals surface area contributed by atoms with Gasteiger partial charge in [0.1, 0.15) is 12.7 Å². The normalized spacial score (nSPS) is 11.7. The van der Waals surface area contributed by atoms with Crippen LogP contribution < -0.4 is 24.8 Å². The summed E-state index contributed by atoms with van der Waals surface area (Å²) in [5, 5.41) is 6.59. The van der Waals surface area contributed by atoms with Crippen LogP contribution in [0.25, 0.3) is 0 Å². The Morgan fingerprint density at radius 2 is 1.70 bits per heavy atom. The standard InChI is InChI=1S/C25H30N4O3.HI/c1-19(32-23-12-8-7-11-22(23)30-3)16-28-25(26-2)29-17-21-13-14-27-24(15-21)31-18-20-9-5-4-6-10-20;/h4-15,19H,16-18H2,1-3H3,(H2,26,28,29);1H. The summed E-state index contributed by atoms with van der Waals surface area (Å²) >= 11 is 0. The Morgan fingerprint density at radius 3 is 2.42 bits per heavy atom. The third kappa shape index (κ3) is 8.80. The number of nitrogens with zero attached hydrogens (tertiary/aromatic N) is 2. The highest BCUT2D eigenvalue weighted by Crippen LogP contribution is 2.26. The molecule has 0 bridgehead atoms. The van der Waals surface area contributed by atoms with E-state index in [0.717, 1.165) is 11.1 Å². The average Bonchev–Trinajstić information content (AvgIpc) is 2.84. The predicted molar refractivity (Wildman–Crippen MR) is 142 cm³/mol. The van der Waals surface area contributed by atoms with Gasteiger partial charge in [-0.3, -0.25) is 4.99 Å². The number of aliphatic imine (C=N–C) groups is 1. The molecule has 0 fully saturated rings. The van der Waals surface area contributed by atoms with Crippen LogP contribution >= 0.6 is 24.0 Å². The van der Waals surface area contributed by atoms with Crippen molar-refractivity contribution in [3.05, 3.63) is 84.1 Å². The lowest BCUT2D eigenvalue weighted by atomic mass is 10.2. The van der Waals surface area contributed by atoms with Crippen LogP contribution in [0.5, 0.6) is 17.4 Å². The van der Waals surface area contributed by atoms with Crippen LogP contribution in [-0.2, 0) is 13.2 Å². The largest absolute Gasteiger partial charge is 0.493 e. The van der Waals surface area contributed by atoms with Crippen molar-refractivity contribution in [3.63, 3.8) is 0 Å². The summed E-state index contributed by atoms with van der Waals surface area (Å²) in [5.74, 6) is 2.70. The van der Waals surface area contributed by atoms with E-state index in [9.17, 15) is 0 Å². The van der Waals surface area contributed by atoms with Crippen molar-refractivity contribution in [2.24, 2.45) is 4.99 Å². The van der Waals surface area contributed by atoms with E-state index in [1.54, 1.807) is 20.4 Å². The summed E-state index contributed by atoms with van der Waals surface area (Å²) < 4.78 is 17.1. The molecule has 176 valence electrons. The minimum absolute atomic E-state index is 0. The molecule has 0 spiro atoms. The molecule has 0 aliphatic carbocycles. The number of methoxy groups -OCH3 is 1. The van der Waals surface area contributed by atoms with E-state index in [-0.39, 0.29) is 30.1 Å². The topological polar surface area (TPSA) is 77.0 Å². The maximum absolute atomic E-state index is 5.98. The molecule has 2 aromatic carbocycles. The maximum atomic E-state index is 5.98. The van der Waals surface area contributed by atoms with Gasteiger partial charge < -0.3 is 24.8 Å². The van der Waals surface area contributed by atoms with E-state index in [0.29, 0.717) is 43.0 Å². The van der Waals surface area contributed by atoms with E-state index in [1.165, 1.54) is 0 Å². The van der Waals surface area contributed by atoms with Crippen LogP contribution in [0, 0.1) is 0 Å². The van der Waals surface area contributed by atoms with Crippen LogP contribution in [0.4, 0.5) is 0 Å². The molecule has 1 heterocycles. The summed E-state index contributed by atoms with van der Waals surface area (Å²) in [7, 11) is 3.37. The van der Waals surface area contributed by atoms with Gasteiger partial charge in [-0.25, -0.2) is 4.98 Å². The van der Waals surface area contributed by atoms with Crippen molar-refractivity contribution < 1.29 is 14.2 Å². The average molecular weight is 562 g/mol. The number of nitrogens with one attached hydrogen (secondary N) is 2. The molecule has 3 rings (SSSR count). The fourth-order valence-electron chi connectivity index (χ4n) is 2.99. The van der Waals surface area contributed by atoms with Gasteiger partial charge in [-0.15, -0.1) is 24.0 Å². The number of aromatic nitrogens is 1. The Balaban J connectivity index is 0.00000385. The number of para-hydroxylation sites is 2. The minimum Gasteiger partial charge on any atom is -0.493 e. The minimum atomic E-state index is -0.0798. The second kappa shape index (κ2) is 14.2. The first-order valence-corrected chi connectivity index (χ1v) is 10.5. The van der Waals surface area contributed by atoms with Gasteiger partial charge in [-0.2, -0.15) is 0 Å². The maximum Gasteiger partial charge on any atom is 0.213 e. The Labute approximate surface area is 212 Å². The molecule has 0 radical (unpaired) electrons. The van der Waals surface area contributed by atoms with Crippen LogP contribution in [0.3, 0.4) is 0 Å². The Bertz CT molecular complexity index is 1000. The molecule has 0 saturated heterocycles. The number of pyridine rings is 1. The molecular weight excluding hydrogens is 531 g/mol. The smallest absolute Gasteiger partial charge is 0.213 e. The molecule has 0 amide bonds. The number of guanidine groups is 1. The quantitative estimate of drug-likeness (QED) is 0.217. The van der Waals surface area contributed by atoms with Gasteiger partial charge in [0.15, 0.2) is 17.5 Å². The van der Waals surface area contributed by atoms with Gasteiger partial charge >= 0.3 is 0 Å². The molecule has 33 heavy (non-hydrogen) atoms. The molecule has 0 aliphatic rings. The van der Waals surface area contributed by atoms with E-state index in [2.05, 4.69) is 20.6 Å². The predicted octanol–water partition coefficient (Wildman–Crippen LogP) is 4.42. The summed E-state index contributed by atoms with van der Waals surface area (Å²) in [6, 6.07) is 21.5. The summed E-state index contributed by atoms with van der Waals surface area (Å²) in [4.78, 5) is 8.57. The molecule has 0 aliphatic heterocycles. The fraction of sp³-hybridized carbons (Fsp3) is 0.280. The Hall–Kier alpha value is -3.01. The highest BCUT2D eigenvalue weighted by molar-refractivity contribution is 14.0. The van der Waals surface area contributed by atoms with Gasteiger partial charge in [0, 0.05) is 25.9 Å². The fourth-order valence-corrected chi connectivity index (χ4v) is 2.99. The third-order valence-corrected chi connectivity index (χ3v) is 4.67. The summed E-state index contributed by atoms with van der Waals surface area (Å²) in [6.45, 7) is 3.65. The molecular formula is C25H31IN4O3. The highest BCUT2D eigenvalue weighted by Gasteiger charge is 2.09. The molecule has 8 heteroatoms. The number of ether oxygens (including phenoxy) is 3. The number of hydrogen-bond acceptors (Lipinski definition) is 5. The molecule has 1 atom stereocenters. The lowest BCUT2D eigenvalue weighted by molar-refractivity contribution is 0.213. The molecule has 3 aromatic rings. The van der Waals surface area contributed by atoms with Crippen LogP contribution in [-0.4, -0.2) is 37.7 Å². The van der Waals surface area contributed by atoms with E-state index in [4.69, 9.17) is 14.2 Å². The second-order valence-electron chi connectivity index (χ2n) is 7.16. The number of benzene rings is 2. The molecule has 7 nitrogen and oxygen atoms in total. The Morgan fingerprint density at radius 1 is 0.970 bits per heavy atom. The first-order chi connectivity index (χ1) is 15.7. The molecule has 2 N–H and O–H groups in total.